The maximum atomic E-state index is 12.4. The molecule has 1 N–H and O–H groups in total. The number of ether oxygens (including phenoxy) is 1. The van der Waals surface area contributed by atoms with Gasteiger partial charge >= 0.3 is 6.09 Å². The van der Waals surface area contributed by atoms with Crippen LogP contribution in [0.5, 0.6) is 0 Å². The third-order valence-corrected chi connectivity index (χ3v) is 4.34. The summed E-state index contributed by atoms with van der Waals surface area (Å²) in [4.78, 5) is 25.4. The second-order valence-corrected chi connectivity index (χ2v) is 6.03. The van der Waals surface area contributed by atoms with E-state index in [-0.39, 0.29) is 17.9 Å². The Balaban J connectivity index is 1.60. The SMILES string of the molecule is O=C(CC(c1ccccc1)c1ccccc1)NCCN1CCOC1=O. The average Bonchev–Trinajstić information content (AvgIpc) is 3.06. The molecule has 2 aromatic rings. The number of hydrogen-bond acceptors (Lipinski definition) is 3. The minimum atomic E-state index is -0.305. The first kappa shape index (κ1) is 17.0. The van der Waals surface area contributed by atoms with Crippen LogP contribution in [0.15, 0.2) is 60.7 Å². The Hall–Kier alpha value is -2.82. The number of nitrogens with one attached hydrogen (secondary N) is 1. The molecule has 0 unspecified atom stereocenters. The summed E-state index contributed by atoms with van der Waals surface area (Å²) in [7, 11) is 0. The Morgan fingerprint density at radius 1 is 1.04 bits per heavy atom. The van der Waals surface area contributed by atoms with Gasteiger partial charge in [-0.2, -0.15) is 0 Å². The van der Waals surface area contributed by atoms with Crippen LogP contribution in [0.4, 0.5) is 4.79 Å². The van der Waals surface area contributed by atoms with Crippen molar-refractivity contribution in [3.63, 3.8) is 0 Å². The van der Waals surface area contributed by atoms with E-state index < -0.39 is 0 Å². The van der Waals surface area contributed by atoms with Gasteiger partial charge in [0.1, 0.15) is 6.61 Å². The van der Waals surface area contributed by atoms with Gasteiger partial charge in [-0.05, 0) is 11.1 Å². The van der Waals surface area contributed by atoms with E-state index in [1.54, 1.807) is 4.90 Å². The molecule has 5 nitrogen and oxygen atoms in total. The molecule has 5 heteroatoms. The predicted molar refractivity (Wildman–Crippen MR) is 95.3 cm³/mol. The van der Waals surface area contributed by atoms with Crippen LogP contribution in [0.2, 0.25) is 0 Å². The number of amides is 2. The lowest BCUT2D eigenvalue weighted by atomic mass is 9.88. The second kappa shape index (κ2) is 8.33. The Morgan fingerprint density at radius 2 is 1.64 bits per heavy atom. The summed E-state index contributed by atoms with van der Waals surface area (Å²) in [5.41, 5.74) is 2.24. The van der Waals surface area contributed by atoms with Crippen molar-refractivity contribution in [3.05, 3.63) is 71.8 Å². The molecule has 0 saturated carbocycles. The lowest BCUT2D eigenvalue weighted by Crippen LogP contribution is -2.35. The van der Waals surface area contributed by atoms with E-state index in [4.69, 9.17) is 4.74 Å². The molecular formula is C20H22N2O3. The van der Waals surface area contributed by atoms with Gasteiger partial charge in [-0.15, -0.1) is 0 Å². The van der Waals surface area contributed by atoms with Crippen molar-refractivity contribution in [2.75, 3.05) is 26.2 Å². The molecular weight excluding hydrogens is 316 g/mol. The number of carbonyl (C=O) groups is 2. The Bertz CT molecular complexity index is 664. The number of nitrogens with zero attached hydrogens (tertiary/aromatic N) is 1. The Labute approximate surface area is 147 Å². The highest BCUT2D eigenvalue weighted by Crippen LogP contribution is 2.27. The van der Waals surface area contributed by atoms with Gasteiger partial charge in [0.05, 0.1) is 6.54 Å². The predicted octanol–water partition coefficient (Wildman–Crippen LogP) is 2.78. The maximum Gasteiger partial charge on any atom is 0.409 e. The number of rotatable bonds is 7. The Morgan fingerprint density at radius 3 is 2.16 bits per heavy atom. The van der Waals surface area contributed by atoms with Crippen molar-refractivity contribution in [2.45, 2.75) is 12.3 Å². The standard InChI is InChI=1S/C20H22N2O3/c23-19(21-11-12-22-13-14-25-20(22)24)15-18(16-7-3-1-4-8-16)17-9-5-2-6-10-17/h1-10,18H,11-15H2,(H,21,23). The molecule has 2 aromatic carbocycles. The summed E-state index contributed by atoms with van der Waals surface area (Å²) in [6, 6.07) is 20.1. The molecule has 0 bridgehead atoms. The van der Waals surface area contributed by atoms with Crippen molar-refractivity contribution in [2.24, 2.45) is 0 Å². The zero-order chi connectivity index (χ0) is 17.5. The highest BCUT2D eigenvalue weighted by atomic mass is 16.6. The monoisotopic (exact) mass is 338 g/mol. The van der Waals surface area contributed by atoms with Gasteiger partial charge in [0.2, 0.25) is 5.91 Å². The topological polar surface area (TPSA) is 58.6 Å². The molecule has 1 aliphatic rings. The molecule has 1 aliphatic heterocycles. The van der Waals surface area contributed by atoms with Crippen LogP contribution in [0, 0.1) is 0 Å². The Kier molecular flexibility index (Phi) is 5.67. The summed E-state index contributed by atoms with van der Waals surface area (Å²) in [6.45, 7) is 1.93. The molecule has 0 spiro atoms. The summed E-state index contributed by atoms with van der Waals surface area (Å²) in [5, 5.41) is 2.91. The van der Waals surface area contributed by atoms with E-state index in [1.807, 2.05) is 60.7 Å². The molecule has 1 heterocycles. The van der Waals surface area contributed by atoms with Gasteiger partial charge in [-0.3, -0.25) is 4.79 Å². The third kappa shape index (κ3) is 4.59. The number of benzene rings is 2. The van der Waals surface area contributed by atoms with Crippen molar-refractivity contribution < 1.29 is 14.3 Å². The average molecular weight is 338 g/mol. The maximum absolute atomic E-state index is 12.4. The number of carbonyl (C=O) groups excluding carboxylic acids is 2. The van der Waals surface area contributed by atoms with Crippen molar-refractivity contribution >= 4 is 12.0 Å². The van der Waals surface area contributed by atoms with Gasteiger partial charge < -0.3 is 15.0 Å². The lowest BCUT2D eigenvalue weighted by molar-refractivity contribution is -0.121. The summed E-state index contributed by atoms with van der Waals surface area (Å²) < 4.78 is 4.88. The molecule has 1 saturated heterocycles. The zero-order valence-electron chi connectivity index (χ0n) is 14.1. The second-order valence-electron chi connectivity index (χ2n) is 6.03. The normalized spacial score (nSPS) is 13.8. The molecule has 2 amide bonds. The summed E-state index contributed by atoms with van der Waals surface area (Å²) >= 11 is 0. The largest absolute Gasteiger partial charge is 0.448 e. The quantitative estimate of drug-likeness (QED) is 0.844. The van der Waals surface area contributed by atoms with E-state index in [9.17, 15) is 9.59 Å². The van der Waals surface area contributed by atoms with Gasteiger partial charge in [0, 0.05) is 25.4 Å². The van der Waals surface area contributed by atoms with Crippen LogP contribution in [-0.4, -0.2) is 43.1 Å². The smallest absolute Gasteiger partial charge is 0.409 e. The van der Waals surface area contributed by atoms with E-state index in [0.29, 0.717) is 32.7 Å². The molecule has 25 heavy (non-hydrogen) atoms. The summed E-state index contributed by atoms with van der Waals surface area (Å²) in [6.07, 6.45) is 0.0686. The van der Waals surface area contributed by atoms with Crippen LogP contribution < -0.4 is 5.32 Å². The van der Waals surface area contributed by atoms with Crippen LogP contribution in [0.25, 0.3) is 0 Å². The van der Waals surface area contributed by atoms with E-state index in [2.05, 4.69) is 5.32 Å². The fourth-order valence-corrected chi connectivity index (χ4v) is 3.02. The highest BCUT2D eigenvalue weighted by Gasteiger charge is 2.22. The zero-order valence-corrected chi connectivity index (χ0v) is 14.1. The first-order chi connectivity index (χ1) is 12.2. The van der Waals surface area contributed by atoms with Crippen molar-refractivity contribution in [3.8, 4) is 0 Å². The first-order valence-electron chi connectivity index (χ1n) is 8.52. The van der Waals surface area contributed by atoms with Crippen LogP contribution in [0.1, 0.15) is 23.5 Å². The van der Waals surface area contributed by atoms with E-state index in [1.165, 1.54) is 0 Å². The summed E-state index contributed by atoms with van der Waals surface area (Å²) in [5.74, 6) is -0.00979. The first-order valence-corrected chi connectivity index (χ1v) is 8.52. The third-order valence-electron chi connectivity index (χ3n) is 4.34. The lowest BCUT2D eigenvalue weighted by Gasteiger charge is -2.18. The molecule has 130 valence electrons. The van der Waals surface area contributed by atoms with Crippen LogP contribution >= 0.6 is 0 Å². The van der Waals surface area contributed by atoms with Gasteiger partial charge in [0.15, 0.2) is 0 Å². The number of hydrogen-bond donors (Lipinski definition) is 1. The minimum Gasteiger partial charge on any atom is -0.448 e. The molecule has 0 atom stereocenters. The molecule has 3 rings (SSSR count). The van der Waals surface area contributed by atoms with E-state index >= 15 is 0 Å². The van der Waals surface area contributed by atoms with Crippen molar-refractivity contribution in [1.82, 2.24) is 10.2 Å². The number of cyclic esters (lactones) is 1. The van der Waals surface area contributed by atoms with E-state index in [0.717, 1.165) is 11.1 Å². The van der Waals surface area contributed by atoms with Gasteiger partial charge in [-0.1, -0.05) is 60.7 Å². The molecule has 0 aromatic heterocycles. The van der Waals surface area contributed by atoms with Gasteiger partial charge in [0.25, 0.3) is 0 Å². The fourth-order valence-electron chi connectivity index (χ4n) is 3.02. The molecule has 0 radical (unpaired) electrons. The van der Waals surface area contributed by atoms with Crippen LogP contribution in [-0.2, 0) is 9.53 Å². The highest BCUT2D eigenvalue weighted by molar-refractivity contribution is 5.77. The molecule has 1 fully saturated rings. The fraction of sp³-hybridized carbons (Fsp3) is 0.300. The molecule has 0 aliphatic carbocycles. The minimum absolute atomic E-state index is 0.0131. The van der Waals surface area contributed by atoms with Crippen LogP contribution in [0.3, 0.4) is 0 Å². The van der Waals surface area contributed by atoms with Gasteiger partial charge in [-0.25, -0.2) is 4.79 Å². The van der Waals surface area contributed by atoms with Crippen molar-refractivity contribution in [1.29, 1.82) is 0 Å².